The fourth-order valence-electron chi connectivity index (χ4n) is 3.87. The first-order valence-electron chi connectivity index (χ1n) is 12.0. The molecule has 0 saturated carbocycles. The van der Waals surface area contributed by atoms with E-state index in [0.29, 0.717) is 29.3 Å². The Morgan fingerprint density at radius 2 is 1.49 bits per heavy atom. The van der Waals surface area contributed by atoms with E-state index in [4.69, 9.17) is 23.2 Å². The number of carbonyl (C=O) groups excluding carboxylic acids is 2. The lowest BCUT2D eigenvalue weighted by Crippen LogP contribution is -2.52. The van der Waals surface area contributed by atoms with E-state index in [9.17, 15) is 9.59 Å². The minimum absolute atomic E-state index is 0.00650. The van der Waals surface area contributed by atoms with E-state index < -0.39 is 6.04 Å². The largest absolute Gasteiger partial charge is 0.352 e. The van der Waals surface area contributed by atoms with Gasteiger partial charge in [-0.15, -0.1) is 0 Å². The van der Waals surface area contributed by atoms with Gasteiger partial charge in [0.2, 0.25) is 11.8 Å². The number of nitrogens with one attached hydrogen (secondary N) is 1. The van der Waals surface area contributed by atoms with Gasteiger partial charge in [0.05, 0.1) is 10.0 Å². The van der Waals surface area contributed by atoms with Gasteiger partial charge >= 0.3 is 0 Å². The van der Waals surface area contributed by atoms with E-state index in [2.05, 4.69) is 5.32 Å². The smallest absolute Gasteiger partial charge is 0.243 e. The van der Waals surface area contributed by atoms with Crippen molar-refractivity contribution in [2.75, 3.05) is 0 Å². The van der Waals surface area contributed by atoms with Crippen molar-refractivity contribution in [3.63, 3.8) is 0 Å². The Hall–Kier alpha value is -2.82. The van der Waals surface area contributed by atoms with Crippen LogP contribution < -0.4 is 5.32 Å². The molecule has 3 rings (SSSR count). The number of amides is 2. The average Bonchev–Trinajstić information content (AvgIpc) is 2.87. The number of nitrogens with zero attached hydrogens (tertiary/aromatic N) is 1. The van der Waals surface area contributed by atoms with Crippen LogP contribution in [0.3, 0.4) is 0 Å². The third kappa shape index (κ3) is 8.12. The lowest BCUT2D eigenvalue weighted by atomic mass is 10.0. The Bertz CT molecular complexity index is 1110. The number of aryl methyl sites for hydroxylation is 1. The predicted molar refractivity (Wildman–Crippen MR) is 144 cm³/mol. The third-order valence-electron chi connectivity index (χ3n) is 6.08. The van der Waals surface area contributed by atoms with Gasteiger partial charge in [0.15, 0.2) is 0 Å². The molecule has 0 saturated heterocycles. The Kier molecular flexibility index (Phi) is 10.2. The molecule has 0 heterocycles. The lowest BCUT2D eigenvalue weighted by molar-refractivity contribution is -0.141. The van der Waals surface area contributed by atoms with E-state index in [1.807, 2.05) is 80.6 Å². The van der Waals surface area contributed by atoms with Gasteiger partial charge in [-0.3, -0.25) is 9.59 Å². The first-order valence-corrected chi connectivity index (χ1v) is 12.7. The average molecular weight is 511 g/mol. The number of halogens is 2. The molecule has 4 nitrogen and oxygen atoms in total. The van der Waals surface area contributed by atoms with Crippen LogP contribution in [0.25, 0.3) is 0 Å². The maximum atomic E-state index is 13.7. The minimum atomic E-state index is -0.663. The zero-order chi connectivity index (χ0) is 25.2. The fraction of sp³-hybridized carbons (Fsp3) is 0.310. The molecule has 0 spiro atoms. The van der Waals surface area contributed by atoms with E-state index >= 15 is 0 Å². The maximum Gasteiger partial charge on any atom is 0.243 e. The summed E-state index contributed by atoms with van der Waals surface area (Å²) in [5.41, 5.74) is 2.90. The molecule has 0 fully saturated rings. The molecule has 3 aromatic rings. The van der Waals surface area contributed by atoms with Gasteiger partial charge in [-0.25, -0.2) is 0 Å². The summed E-state index contributed by atoms with van der Waals surface area (Å²) >= 11 is 12.4. The second kappa shape index (κ2) is 13.3. The molecule has 2 atom stereocenters. The van der Waals surface area contributed by atoms with Crippen LogP contribution in [0.5, 0.6) is 0 Å². The van der Waals surface area contributed by atoms with Crippen molar-refractivity contribution in [2.24, 2.45) is 0 Å². The van der Waals surface area contributed by atoms with Gasteiger partial charge in [0.1, 0.15) is 6.04 Å². The van der Waals surface area contributed by atoms with Crippen molar-refractivity contribution in [2.45, 2.75) is 58.2 Å². The van der Waals surface area contributed by atoms with Gasteiger partial charge in [-0.1, -0.05) is 96.9 Å². The number of benzene rings is 3. The third-order valence-corrected chi connectivity index (χ3v) is 6.82. The predicted octanol–water partition coefficient (Wildman–Crippen LogP) is 6.48. The van der Waals surface area contributed by atoms with E-state index in [1.165, 1.54) is 0 Å². The Morgan fingerprint density at radius 3 is 2.09 bits per heavy atom. The molecule has 0 bridgehead atoms. The zero-order valence-electron chi connectivity index (χ0n) is 20.2. The number of hydrogen-bond acceptors (Lipinski definition) is 2. The summed E-state index contributed by atoms with van der Waals surface area (Å²) < 4.78 is 0. The molecule has 0 aliphatic rings. The summed E-state index contributed by atoms with van der Waals surface area (Å²) in [5.74, 6) is -0.239. The van der Waals surface area contributed by atoms with E-state index in [-0.39, 0.29) is 24.4 Å². The molecule has 35 heavy (non-hydrogen) atoms. The Morgan fingerprint density at radius 1 is 0.857 bits per heavy atom. The second-order valence-corrected chi connectivity index (χ2v) is 9.59. The molecule has 2 amide bonds. The van der Waals surface area contributed by atoms with Crippen molar-refractivity contribution in [1.29, 1.82) is 0 Å². The lowest BCUT2D eigenvalue weighted by Gasteiger charge is -2.32. The van der Waals surface area contributed by atoms with Crippen molar-refractivity contribution < 1.29 is 9.59 Å². The van der Waals surface area contributed by atoms with Crippen molar-refractivity contribution in [3.8, 4) is 0 Å². The maximum absolute atomic E-state index is 13.7. The zero-order valence-corrected chi connectivity index (χ0v) is 21.7. The van der Waals surface area contributed by atoms with Crippen LogP contribution in [0.2, 0.25) is 10.0 Å². The quantitative estimate of drug-likeness (QED) is 0.320. The summed E-state index contributed by atoms with van der Waals surface area (Å²) in [4.78, 5) is 28.8. The summed E-state index contributed by atoms with van der Waals surface area (Å²) in [6, 6.07) is 24.4. The monoisotopic (exact) mass is 510 g/mol. The van der Waals surface area contributed by atoms with Crippen molar-refractivity contribution in [3.05, 3.63) is 106 Å². The first-order chi connectivity index (χ1) is 16.9. The minimum Gasteiger partial charge on any atom is -0.352 e. The highest BCUT2D eigenvalue weighted by Crippen LogP contribution is 2.25. The molecule has 6 heteroatoms. The molecule has 1 N–H and O–H groups in total. The number of carbonyl (C=O) groups is 2. The first kappa shape index (κ1) is 26.8. The molecular weight excluding hydrogens is 479 g/mol. The van der Waals surface area contributed by atoms with Crippen molar-refractivity contribution in [1.82, 2.24) is 10.2 Å². The number of hydrogen-bond donors (Lipinski definition) is 1. The highest BCUT2D eigenvalue weighted by Gasteiger charge is 2.30. The Balaban J connectivity index is 1.93. The summed E-state index contributed by atoms with van der Waals surface area (Å²) in [6.45, 7) is 4.25. The normalized spacial score (nSPS) is 12.6. The molecule has 184 valence electrons. The summed E-state index contributed by atoms with van der Waals surface area (Å²) in [6.07, 6.45) is 2.12. The van der Waals surface area contributed by atoms with E-state index in [0.717, 1.165) is 23.1 Å². The van der Waals surface area contributed by atoms with Gasteiger partial charge in [-0.05, 0) is 48.6 Å². The molecular formula is C29H32Cl2N2O2. The molecule has 0 radical (unpaired) electrons. The second-order valence-electron chi connectivity index (χ2n) is 8.78. The SMILES string of the molecule is CC[C@@H](C)NC(=O)[C@@H](Cc1ccccc1)N(Cc1ccc(Cl)c(Cl)c1)C(=O)CCc1ccccc1. The molecule has 0 aliphatic heterocycles. The highest BCUT2D eigenvalue weighted by atomic mass is 35.5. The molecule has 3 aromatic carbocycles. The van der Waals surface area contributed by atoms with Crippen LogP contribution in [-0.4, -0.2) is 28.8 Å². The topological polar surface area (TPSA) is 49.4 Å². The standard InChI is InChI=1S/C29H32Cl2N2O2/c1-3-21(2)32-29(35)27(19-23-12-8-5-9-13-23)33(20-24-14-16-25(30)26(31)18-24)28(34)17-15-22-10-6-4-7-11-22/h4-14,16,18,21,27H,3,15,17,19-20H2,1-2H3,(H,32,35)/t21-,27-/m1/s1. The van der Waals surface area contributed by atoms with Crippen LogP contribution >= 0.6 is 23.2 Å². The van der Waals surface area contributed by atoms with Gasteiger partial charge < -0.3 is 10.2 Å². The van der Waals surface area contributed by atoms with Crippen molar-refractivity contribution >= 4 is 35.0 Å². The Labute approximate surface area is 218 Å². The summed E-state index contributed by atoms with van der Waals surface area (Å²) in [5, 5.41) is 3.96. The van der Waals surface area contributed by atoms with Gasteiger partial charge in [0, 0.05) is 25.4 Å². The van der Waals surface area contributed by atoms with Crippen LogP contribution in [-0.2, 0) is 29.0 Å². The van der Waals surface area contributed by atoms with Crippen LogP contribution in [0.4, 0.5) is 0 Å². The molecule has 0 aliphatic carbocycles. The van der Waals surface area contributed by atoms with Gasteiger partial charge in [-0.2, -0.15) is 0 Å². The van der Waals surface area contributed by atoms with Crippen LogP contribution in [0, 0.1) is 0 Å². The van der Waals surface area contributed by atoms with Crippen LogP contribution in [0.1, 0.15) is 43.4 Å². The molecule has 0 aromatic heterocycles. The highest BCUT2D eigenvalue weighted by molar-refractivity contribution is 6.42. The number of rotatable bonds is 11. The van der Waals surface area contributed by atoms with Crippen LogP contribution in [0.15, 0.2) is 78.9 Å². The van der Waals surface area contributed by atoms with Gasteiger partial charge in [0.25, 0.3) is 0 Å². The fourth-order valence-corrected chi connectivity index (χ4v) is 4.19. The molecule has 0 unspecified atom stereocenters. The van der Waals surface area contributed by atoms with E-state index in [1.54, 1.807) is 17.0 Å². The summed E-state index contributed by atoms with van der Waals surface area (Å²) in [7, 11) is 0.